The fourth-order valence-corrected chi connectivity index (χ4v) is 11.1. The van der Waals surface area contributed by atoms with Crippen LogP contribution in [0.15, 0.2) is 10.2 Å². The van der Waals surface area contributed by atoms with Crippen LogP contribution in [-0.4, -0.2) is 68.2 Å². The van der Waals surface area contributed by atoms with Gasteiger partial charge in [0, 0.05) is 13.0 Å². The molecule has 0 saturated carbocycles. The molecule has 0 radical (unpaired) electrons. The zero-order chi connectivity index (χ0) is 30.6. The number of halogens is 1. The molecule has 2 saturated heterocycles. The fourth-order valence-electron chi connectivity index (χ4n) is 5.39. The molecule has 0 amide bonds. The van der Waals surface area contributed by atoms with E-state index in [0.29, 0.717) is 0 Å². The Morgan fingerprint density at radius 3 is 1.95 bits per heavy atom. The lowest BCUT2D eigenvalue weighted by Crippen LogP contribution is -2.60. The van der Waals surface area contributed by atoms with Gasteiger partial charge in [-0.1, -0.05) is 84.9 Å². The molecule has 2 aliphatic rings. The van der Waals surface area contributed by atoms with Gasteiger partial charge in [0.2, 0.25) is 0 Å². The van der Waals surface area contributed by atoms with Gasteiger partial charge in [-0.05, 0) is 83.8 Å². The lowest BCUT2D eigenvalue weighted by atomic mass is 9.89. The van der Waals surface area contributed by atoms with Crippen LogP contribution < -0.4 is 0 Å². The molecule has 236 valence electrons. The molecule has 0 spiro atoms. The highest BCUT2D eigenvalue weighted by Crippen LogP contribution is 2.44. The van der Waals surface area contributed by atoms with E-state index in [0.717, 1.165) is 32.3 Å². The molecular weight excluding hydrogens is 663 g/mol. The molecule has 5 unspecified atom stereocenters. The lowest BCUT2D eigenvalue weighted by Gasteiger charge is -2.51. The van der Waals surface area contributed by atoms with E-state index in [1.165, 1.54) is 18.1 Å². The summed E-state index contributed by atoms with van der Waals surface area (Å²) in [6.07, 6.45) is 6.08. The van der Waals surface area contributed by atoms with Crippen molar-refractivity contribution >= 4 is 47.5 Å². The van der Waals surface area contributed by atoms with Gasteiger partial charge in [-0.2, -0.15) is 0 Å². The van der Waals surface area contributed by atoms with Gasteiger partial charge in [0.05, 0.1) is 30.5 Å². The van der Waals surface area contributed by atoms with E-state index in [1.54, 1.807) is 0 Å². The van der Waals surface area contributed by atoms with Gasteiger partial charge in [-0.3, -0.25) is 0 Å². The lowest BCUT2D eigenvalue weighted by molar-refractivity contribution is -0.234. The van der Waals surface area contributed by atoms with Crippen molar-refractivity contribution in [2.75, 3.05) is 6.61 Å². The van der Waals surface area contributed by atoms with Crippen LogP contribution >= 0.6 is 22.6 Å². The van der Waals surface area contributed by atoms with Crippen molar-refractivity contribution in [1.29, 1.82) is 0 Å². The summed E-state index contributed by atoms with van der Waals surface area (Å²) in [6.45, 7) is 31.0. The van der Waals surface area contributed by atoms with Crippen LogP contribution in [0.1, 0.15) is 88.0 Å². The maximum Gasteiger partial charge on any atom is 0.193 e. The van der Waals surface area contributed by atoms with Crippen molar-refractivity contribution in [2.45, 2.75) is 179 Å². The number of fused-ring (bicyclic) bond motifs is 1. The van der Waals surface area contributed by atoms with Gasteiger partial charge in [-0.25, -0.2) is 0 Å². The van der Waals surface area contributed by atoms with Gasteiger partial charge in [0.1, 0.15) is 6.10 Å². The van der Waals surface area contributed by atoms with Crippen molar-refractivity contribution in [3.05, 3.63) is 10.2 Å². The monoisotopic (exact) mass is 726 g/mol. The van der Waals surface area contributed by atoms with E-state index < -0.39 is 25.0 Å². The molecule has 2 aliphatic heterocycles. The molecule has 9 heteroatoms. The van der Waals surface area contributed by atoms with Crippen LogP contribution in [0.25, 0.3) is 0 Å². The molecule has 0 aliphatic carbocycles. The van der Waals surface area contributed by atoms with E-state index in [-0.39, 0.29) is 46.7 Å². The Labute approximate surface area is 264 Å². The van der Waals surface area contributed by atoms with E-state index in [2.05, 4.69) is 121 Å². The number of hydrogen-bond acceptors (Lipinski definition) is 5. The molecule has 0 N–H and O–H groups in total. The Morgan fingerprint density at radius 2 is 1.45 bits per heavy atom. The summed E-state index contributed by atoms with van der Waals surface area (Å²) in [4.78, 5) is 0. The van der Waals surface area contributed by atoms with E-state index in [9.17, 15) is 0 Å². The largest absolute Gasteiger partial charge is 0.417 e. The number of rotatable bonds is 13. The van der Waals surface area contributed by atoms with Gasteiger partial charge >= 0.3 is 0 Å². The van der Waals surface area contributed by atoms with E-state index in [4.69, 9.17) is 22.8 Å². The molecule has 2 fully saturated rings. The maximum atomic E-state index is 7.17. The van der Waals surface area contributed by atoms with Crippen LogP contribution in [-0.2, 0) is 22.8 Å². The zero-order valence-corrected chi connectivity index (χ0v) is 33.4. The Morgan fingerprint density at radius 1 is 0.875 bits per heavy atom. The number of hydrogen-bond donors (Lipinski definition) is 0. The minimum absolute atomic E-state index is 0.0110. The first-order valence-electron chi connectivity index (χ1n) is 15.9. The summed E-state index contributed by atoms with van der Waals surface area (Å²) in [7, 11) is -5.60. The smallest absolute Gasteiger partial charge is 0.193 e. The molecule has 0 aromatic rings. The maximum absolute atomic E-state index is 7.17. The average Bonchev–Trinajstić information content (AvgIpc) is 2.85. The minimum atomic E-state index is -2.02. The second-order valence-electron chi connectivity index (χ2n) is 15.2. The second-order valence-corrected chi connectivity index (χ2v) is 30.2. The van der Waals surface area contributed by atoms with E-state index in [1.807, 2.05) is 0 Å². The topological polar surface area (TPSA) is 46.2 Å². The second kappa shape index (κ2) is 14.8. The predicted molar refractivity (Wildman–Crippen MR) is 186 cm³/mol. The third kappa shape index (κ3) is 9.46. The van der Waals surface area contributed by atoms with E-state index >= 15 is 0 Å². The van der Waals surface area contributed by atoms with Crippen molar-refractivity contribution in [3.63, 3.8) is 0 Å². The highest BCUT2D eigenvalue weighted by atomic mass is 127. The van der Waals surface area contributed by atoms with Gasteiger partial charge in [0.25, 0.3) is 0 Å². The number of ether oxygens (including phenoxy) is 2. The average molecular weight is 727 g/mol. The highest BCUT2D eigenvalue weighted by Gasteiger charge is 2.50. The van der Waals surface area contributed by atoms with Crippen LogP contribution in [0.5, 0.6) is 0 Å². The summed E-state index contributed by atoms with van der Waals surface area (Å²) < 4.78 is 36.6. The Kier molecular flexibility index (Phi) is 13.7. The van der Waals surface area contributed by atoms with Gasteiger partial charge in [0.15, 0.2) is 25.0 Å². The summed E-state index contributed by atoms with van der Waals surface area (Å²) in [6, 6.07) is 3.58. The van der Waals surface area contributed by atoms with Gasteiger partial charge in [-0.15, -0.1) is 0 Å². The summed E-state index contributed by atoms with van der Waals surface area (Å²) in [5.74, 6) is 0. The summed E-state index contributed by atoms with van der Waals surface area (Å²) >= 11 is 2.32. The van der Waals surface area contributed by atoms with Crippen molar-refractivity contribution in [2.24, 2.45) is 0 Å². The molecule has 0 aromatic carbocycles. The molecule has 0 aromatic heterocycles. The minimum Gasteiger partial charge on any atom is -0.417 e. The summed E-state index contributed by atoms with van der Waals surface area (Å²) in [5.41, 5.74) is 0. The SMILES string of the molecule is CC[Si](CC)(CC)OCCC1CC[C@@H]2OC(C(/C=C/I)O[Si](C)(C)C(C)(C)C)CC(O[Si](C)(C)C(C)(C)C)C2O1. The molecule has 0 bridgehead atoms. The summed E-state index contributed by atoms with van der Waals surface area (Å²) in [5, 5.41) is 0.265. The standard InChI is InChI=1S/C31H63IO5Si3/c1-14-40(15-2,16-3)33-22-20-24-17-18-26-29(34-24)28(37-39(12,13)31(7,8)9)23-27(35-26)25(19-21-32)36-38(10,11)30(4,5)6/h19,21,24-29H,14-18,20,22-23H2,1-13H3/b21-19+/t24?,25?,26-,27?,28?,29?/m0/s1. The molecular formula is C31H63IO5Si3. The Bertz CT molecular complexity index is 796. The first kappa shape index (κ1) is 37.1. The van der Waals surface area contributed by atoms with Crippen LogP contribution in [0.3, 0.4) is 0 Å². The Hall–Kier alpha value is 0.921. The van der Waals surface area contributed by atoms with Crippen molar-refractivity contribution < 1.29 is 22.8 Å². The normalized spacial score (nSPS) is 28.1. The fraction of sp³-hybridized carbons (Fsp3) is 0.935. The third-order valence-corrected chi connectivity index (χ3v) is 24.6. The predicted octanol–water partition coefficient (Wildman–Crippen LogP) is 9.83. The first-order valence-corrected chi connectivity index (χ1v) is 25.5. The molecule has 5 nitrogen and oxygen atoms in total. The van der Waals surface area contributed by atoms with Crippen LogP contribution in [0, 0.1) is 0 Å². The van der Waals surface area contributed by atoms with Crippen LogP contribution in [0.4, 0.5) is 0 Å². The van der Waals surface area contributed by atoms with Crippen molar-refractivity contribution in [3.8, 4) is 0 Å². The molecule has 6 atom stereocenters. The molecule has 2 heterocycles. The third-order valence-electron chi connectivity index (χ3n) is 10.6. The molecule has 2 rings (SSSR count). The zero-order valence-electron chi connectivity index (χ0n) is 28.2. The first-order chi connectivity index (χ1) is 18.3. The van der Waals surface area contributed by atoms with Crippen molar-refractivity contribution in [1.82, 2.24) is 0 Å². The highest BCUT2D eigenvalue weighted by molar-refractivity contribution is 14.1. The quantitative estimate of drug-likeness (QED) is 0.140. The Balaban J connectivity index is 2.26. The molecule has 40 heavy (non-hydrogen) atoms. The van der Waals surface area contributed by atoms with Crippen LogP contribution in [0.2, 0.25) is 54.4 Å². The van der Waals surface area contributed by atoms with Gasteiger partial charge < -0.3 is 22.8 Å².